The lowest BCUT2D eigenvalue weighted by atomic mass is 9.99. The number of aliphatic imine (C=N–C) groups is 2. The van der Waals surface area contributed by atoms with Crippen LogP contribution in [0.15, 0.2) is 9.98 Å². The number of nitrogens with two attached hydrogens (primary N) is 5. The molecule has 0 aliphatic carbocycles. The predicted molar refractivity (Wildman–Crippen MR) is 285 cm³/mol. The molecule has 6 atom stereocenters. The van der Waals surface area contributed by atoms with Crippen molar-refractivity contribution < 1.29 is 43.1 Å². The van der Waals surface area contributed by atoms with Crippen LogP contribution in [0.25, 0.3) is 0 Å². The van der Waals surface area contributed by atoms with Crippen LogP contribution in [0.4, 0.5) is 0 Å². The third-order valence-electron chi connectivity index (χ3n) is 12.0. The summed E-state index contributed by atoms with van der Waals surface area (Å²) in [4.78, 5) is 115. The van der Waals surface area contributed by atoms with E-state index in [0.717, 1.165) is 19.3 Å². The van der Waals surface area contributed by atoms with Gasteiger partial charge in [0.25, 0.3) is 0 Å². The monoisotopic (exact) mass is 1040 g/mol. The molecule has 0 rings (SSSR count). The van der Waals surface area contributed by atoms with Crippen LogP contribution in [0.1, 0.15) is 164 Å². The number of amides is 6. The van der Waals surface area contributed by atoms with Crippen molar-refractivity contribution in [3.8, 4) is 0 Å². The van der Waals surface area contributed by atoms with Gasteiger partial charge >= 0.3 is 5.97 Å². The van der Waals surface area contributed by atoms with Crippen LogP contribution in [-0.4, -0.2) is 135 Å². The van der Waals surface area contributed by atoms with Crippen LogP contribution in [-0.2, 0) is 43.1 Å². The number of rotatable bonds is 42. The number of ketones is 1. The van der Waals surface area contributed by atoms with Gasteiger partial charge in [-0.05, 0) is 88.6 Å². The minimum Gasteiger partial charge on any atom is -0.467 e. The fraction of sp³-hybridized carbons (Fsp3) is 0.800. The Hall–Kier alpha value is -5.58. The van der Waals surface area contributed by atoms with E-state index in [2.05, 4.69) is 54.1 Å². The molecule has 23 heteroatoms. The quantitative estimate of drug-likeness (QED) is 0.0174. The van der Waals surface area contributed by atoms with E-state index in [1.165, 1.54) is 39.2 Å². The van der Waals surface area contributed by atoms with E-state index in [9.17, 15) is 38.4 Å². The van der Waals surface area contributed by atoms with Crippen LogP contribution in [0.3, 0.4) is 0 Å². The first-order valence-corrected chi connectivity index (χ1v) is 26.5. The van der Waals surface area contributed by atoms with E-state index in [0.29, 0.717) is 51.7 Å². The molecule has 0 saturated carbocycles. The zero-order valence-corrected chi connectivity index (χ0v) is 45.4. The van der Waals surface area contributed by atoms with Crippen LogP contribution in [0.5, 0.6) is 0 Å². The van der Waals surface area contributed by atoms with Gasteiger partial charge in [0.2, 0.25) is 35.4 Å². The molecule has 0 aliphatic heterocycles. The molecule has 0 saturated heterocycles. The SMILES string of the molecule is CCCCCCCCCCN[C@@H](CCCN=C(N)N)C(=O)N[C@H](C(=O)N[C@@H](CCCCN)C(=O)N[C@@H](CCCN=C(N)N)C(=O)CCC(=O)N[C@@H](C(=O)NCC(=O)N[C@H](CC(C)C)C(=O)OC)C(C)C)C(C)C. The molecule has 73 heavy (non-hydrogen) atoms. The highest BCUT2D eigenvalue weighted by molar-refractivity contribution is 5.97. The van der Waals surface area contributed by atoms with Crippen molar-refractivity contribution >= 4 is 59.1 Å². The fourth-order valence-electron chi connectivity index (χ4n) is 7.81. The molecule has 0 radical (unpaired) electrons. The highest BCUT2D eigenvalue weighted by atomic mass is 16.5. The normalized spacial score (nSPS) is 13.6. The van der Waals surface area contributed by atoms with E-state index in [1.54, 1.807) is 27.7 Å². The lowest BCUT2D eigenvalue weighted by Crippen LogP contribution is -2.58. The van der Waals surface area contributed by atoms with Gasteiger partial charge in [-0.2, -0.15) is 0 Å². The van der Waals surface area contributed by atoms with Gasteiger partial charge in [0.15, 0.2) is 17.7 Å². The second kappa shape index (κ2) is 39.9. The zero-order chi connectivity index (χ0) is 55.3. The molecule has 0 spiro atoms. The topological polar surface area (TPSA) is 385 Å². The number of methoxy groups -OCH3 is 1. The number of unbranched alkanes of at least 4 members (excludes halogenated alkanes) is 8. The molecule has 0 aromatic rings. The predicted octanol–water partition coefficient (Wildman–Crippen LogP) is 0.742. The maximum absolute atomic E-state index is 14.1. The van der Waals surface area contributed by atoms with Crippen molar-refractivity contribution in [1.82, 2.24) is 37.2 Å². The van der Waals surface area contributed by atoms with Crippen LogP contribution in [0.2, 0.25) is 0 Å². The number of hydrogen-bond acceptors (Lipinski definition) is 13. The number of esters is 1. The average Bonchev–Trinajstić information content (AvgIpc) is 3.32. The Balaban J connectivity index is 6.11. The summed E-state index contributed by atoms with van der Waals surface area (Å²) in [6.45, 7) is 13.8. The van der Waals surface area contributed by atoms with Gasteiger partial charge in [-0.1, -0.05) is 93.4 Å². The number of carbonyl (C=O) groups is 8. The van der Waals surface area contributed by atoms with E-state index < -0.39 is 90.0 Å². The Morgan fingerprint density at radius 1 is 0.521 bits per heavy atom. The van der Waals surface area contributed by atoms with E-state index in [4.69, 9.17) is 33.4 Å². The number of guanidine groups is 2. The van der Waals surface area contributed by atoms with Gasteiger partial charge in [0.1, 0.15) is 24.2 Å². The molecule has 17 N–H and O–H groups in total. The second-order valence-corrected chi connectivity index (χ2v) is 19.8. The minimum atomic E-state index is -1.13. The number of Topliss-reactive ketones (excluding diaryl/α,β-unsaturated/α-hetero) is 1. The average molecular weight is 1040 g/mol. The molecular weight excluding hydrogens is 941 g/mol. The summed E-state index contributed by atoms with van der Waals surface area (Å²) in [6, 6.07) is -5.89. The third kappa shape index (κ3) is 32.3. The number of carbonyl (C=O) groups excluding carboxylic acids is 8. The van der Waals surface area contributed by atoms with Gasteiger partial charge in [-0.3, -0.25) is 43.5 Å². The lowest BCUT2D eigenvalue weighted by Gasteiger charge is -2.28. The summed E-state index contributed by atoms with van der Waals surface area (Å²) in [5.41, 5.74) is 27.8. The number of hydrogen-bond donors (Lipinski definition) is 12. The molecule has 6 amide bonds. The van der Waals surface area contributed by atoms with E-state index in [1.807, 2.05) is 13.8 Å². The molecule has 0 unspecified atom stereocenters. The van der Waals surface area contributed by atoms with E-state index in [-0.39, 0.29) is 68.3 Å². The number of nitrogens with one attached hydrogen (secondary N) is 7. The Labute approximate surface area is 434 Å². The van der Waals surface area contributed by atoms with Crippen molar-refractivity contribution in [3.05, 3.63) is 0 Å². The van der Waals surface area contributed by atoms with Crippen LogP contribution in [0, 0.1) is 17.8 Å². The molecule has 420 valence electrons. The first kappa shape index (κ1) is 67.4. The maximum Gasteiger partial charge on any atom is 0.328 e. The number of nitrogens with zero attached hydrogens (tertiary/aromatic N) is 2. The Bertz CT molecular complexity index is 1720. The summed E-state index contributed by atoms with van der Waals surface area (Å²) < 4.78 is 4.78. The van der Waals surface area contributed by atoms with Gasteiger partial charge in [0, 0.05) is 25.9 Å². The summed E-state index contributed by atoms with van der Waals surface area (Å²) >= 11 is 0. The van der Waals surface area contributed by atoms with Crippen molar-refractivity contribution in [2.24, 2.45) is 56.4 Å². The lowest BCUT2D eigenvalue weighted by molar-refractivity contribution is -0.145. The molecular formula is C50H96N14O9. The Morgan fingerprint density at radius 3 is 1.58 bits per heavy atom. The largest absolute Gasteiger partial charge is 0.467 e. The molecule has 0 aromatic carbocycles. The minimum absolute atomic E-state index is 0.0466. The Morgan fingerprint density at radius 2 is 1.04 bits per heavy atom. The van der Waals surface area contributed by atoms with Crippen molar-refractivity contribution in [1.29, 1.82) is 0 Å². The third-order valence-corrected chi connectivity index (χ3v) is 12.0. The fourth-order valence-corrected chi connectivity index (χ4v) is 7.81. The summed E-state index contributed by atoms with van der Waals surface area (Å²) in [6.07, 6.45) is 11.2. The second-order valence-electron chi connectivity index (χ2n) is 19.8. The Kier molecular flexibility index (Phi) is 36.8. The summed E-state index contributed by atoms with van der Waals surface area (Å²) in [5.74, 6) is -5.60. The highest BCUT2D eigenvalue weighted by Crippen LogP contribution is 2.13. The highest BCUT2D eigenvalue weighted by Gasteiger charge is 2.33. The summed E-state index contributed by atoms with van der Waals surface area (Å²) in [7, 11) is 1.21. The van der Waals surface area contributed by atoms with Gasteiger partial charge in [0.05, 0.1) is 25.7 Å². The molecule has 0 heterocycles. The molecule has 0 aromatic heterocycles. The van der Waals surface area contributed by atoms with Crippen molar-refractivity contribution in [2.75, 3.05) is 39.8 Å². The zero-order valence-electron chi connectivity index (χ0n) is 45.4. The number of ether oxygens (including phenoxy) is 1. The van der Waals surface area contributed by atoms with Crippen LogP contribution >= 0.6 is 0 Å². The maximum atomic E-state index is 14.1. The standard InChI is InChI=1S/C50H96N14O9/c1-9-10-11-12-13-14-15-18-27-56-36(23-20-29-58-50(54)55)44(68)64-43(34(6)7)47(71)62-37(21-16-17-26-51)45(69)61-35(22-19-28-57-49(52)53)39(65)24-25-40(66)63-42(33(4)5)46(70)59-31-41(67)60-38(30-32(2)3)48(72)73-8/h32-38,42-43,56H,9-31,51H2,1-8H3,(H,59,70)(H,60,67)(H,61,69)(H,62,71)(H,63,66)(H,64,68)(H4,52,53,57)(H4,54,55,58)/t35-,36-,37-,38+,42+,43-/m0/s1. The molecule has 23 nitrogen and oxygen atoms in total. The molecule has 0 aliphatic rings. The first-order valence-electron chi connectivity index (χ1n) is 26.5. The smallest absolute Gasteiger partial charge is 0.328 e. The van der Waals surface area contributed by atoms with E-state index >= 15 is 0 Å². The van der Waals surface area contributed by atoms with Crippen molar-refractivity contribution in [3.63, 3.8) is 0 Å². The van der Waals surface area contributed by atoms with Crippen LogP contribution < -0.4 is 65.9 Å². The molecule has 0 fully saturated rings. The summed E-state index contributed by atoms with van der Waals surface area (Å²) in [5, 5.41) is 19.6. The van der Waals surface area contributed by atoms with Gasteiger partial charge < -0.3 is 70.6 Å². The first-order chi connectivity index (χ1) is 34.6. The molecule has 0 bridgehead atoms. The van der Waals surface area contributed by atoms with Gasteiger partial charge in [-0.15, -0.1) is 0 Å². The van der Waals surface area contributed by atoms with Crippen molar-refractivity contribution in [2.45, 2.75) is 200 Å². The van der Waals surface area contributed by atoms with Gasteiger partial charge in [-0.25, -0.2) is 4.79 Å².